The number of pyridine rings is 1. The zero-order valence-electron chi connectivity index (χ0n) is 14.8. The maximum Gasteiger partial charge on any atom is 0.307 e. The summed E-state index contributed by atoms with van der Waals surface area (Å²) in [5, 5.41) is 3.03. The molecular weight excluding hydrogens is 348 g/mol. The maximum atomic E-state index is 12.7. The van der Waals surface area contributed by atoms with Crippen molar-refractivity contribution < 1.29 is 14.3 Å². The summed E-state index contributed by atoms with van der Waals surface area (Å²) in [7, 11) is 1.36. The largest absolute Gasteiger partial charge is 0.469 e. The van der Waals surface area contributed by atoms with E-state index in [1.165, 1.54) is 7.11 Å². The van der Waals surface area contributed by atoms with Crippen LogP contribution in [0.2, 0.25) is 0 Å². The number of benzene rings is 1. The number of amides is 1. The number of hydrogen-bond acceptors (Lipinski definition) is 5. The molecule has 1 aromatic carbocycles. The van der Waals surface area contributed by atoms with Crippen molar-refractivity contribution in [3.05, 3.63) is 59.9 Å². The van der Waals surface area contributed by atoms with Crippen molar-refractivity contribution in [3.8, 4) is 0 Å². The normalized spacial score (nSPS) is 19.5. The molecule has 0 spiro atoms. The van der Waals surface area contributed by atoms with Gasteiger partial charge in [0.05, 0.1) is 19.6 Å². The van der Waals surface area contributed by atoms with Crippen LogP contribution in [0.5, 0.6) is 0 Å². The van der Waals surface area contributed by atoms with Gasteiger partial charge in [0.2, 0.25) is 5.91 Å². The van der Waals surface area contributed by atoms with Crippen LogP contribution in [0.15, 0.2) is 53.7 Å². The van der Waals surface area contributed by atoms with Crippen molar-refractivity contribution in [1.82, 2.24) is 10.3 Å². The van der Waals surface area contributed by atoms with Gasteiger partial charge in [0.1, 0.15) is 0 Å². The Labute approximate surface area is 157 Å². The summed E-state index contributed by atoms with van der Waals surface area (Å²) in [6.07, 6.45) is 6.48. The van der Waals surface area contributed by atoms with E-state index < -0.39 is 0 Å². The number of aromatic nitrogens is 1. The summed E-state index contributed by atoms with van der Waals surface area (Å²) in [5.74, 6) is -0.225. The molecule has 26 heavy (non-hydrogen) atoms. The highest BCUT2D eigenvalue weighted by atomic mass is 32.2. The highest BCUT2D eigenvalue weighted by Crippen LogP contribution is 2.47. The second kappa shape index (κ2) is 8.36. The standard InChI is InChI=1S/C20H22N2O3S/c1-25-19(23)11-18(13-5-7-15(26-2)8-6-13)22-20(24)17-10-16(17)14-4-3-9-21-12-14/h3-9,12,16-18H,10-11H2,1-2H3,(H,22,24). The van der Waals surface area contributed by atoms with Crippen LogP contribution < -0.4 is 5.32 Å². The predicted molar refractivity (Wildman–Crippen MR) is 101 cm³/mol. The first-order chi connectivity index (χ1) is 12.6. The number of carbonyl (C=O) groups excluding carboxylic acids is 2. The molecule has 0 bridgehead atoms. The number of hydrogen-bond donors (Lipinski definition) is 1. The molecule has 1 heterocycles. The molecule has 1 aliphatic rings. The van der Waals surface area contributed by atoms with E-state index in [2.05, 4.69) is 10.3 Å². The Hall–Kier alpha value is -2.34. The fourth-order valence-electron chi connectivity index (χ4n) is 3.07. The Kier molecular flexibility index (Phi) is 5.93. The molecule has 3 atom stereocenters. The molecule has 1 aliphatic carbocycles. The van der Waals surface area contributed by atoms with E-state index in [0.717, 1.165) is 22.4 Å². The van der Waals surface area contributed by atoms with E-state index in [1.54, 1.807) is 18.0 Å². The molecule has 5 nitrogen and oxygen atoms in total. The fourth-order valence-corrected chi connectivity index (χ4v) is 3.47. The van der Waals surface area contributed by atoms with Crippen molar-refractivity contribution in [3.63, 3.8) is 0 Å². The first-order valence-electron chi connectivity index (χ1n) is 8.53. The van der Waals surface area contributed by atoms with Crippen molar-refractivity contribution in [2.45, 2.75) is 29.7 Å². The second-order valence-corrected chi connectivity index (χ2v) is 7.23. The van der Waals surface area contributed by atoms with Crippen LogP contribution in [0.1, 0.15) is 35.9 Å². The average Bonchev–Trinajstić information content (AvgIpc) is 3.49. The zero-order valence-corrected chi connectivity index (χ0v) is 15.7. The van der Waals surface area contributed by atoms with Gasteiger partial charge in [-0.05, 0) is 47.9 Å². The van der Waals surface area contributed by atoms with Gasteiger partial charge in [-0.25, -0.2) is 0 Å². The van der Waals surface area contributed by atoms with Crippen LogP contribution >= 0.6 is 11.8 Å². The van der Waals surface area contributed by atoms with Gasteiger partial charge in [0.25, 0.3) is 0 Å². The molecule has 3 rings (SSSR count). The van der Waals surface area contributed by atoms with E-state index >= 15 is 0 Å². The molecule has 3 unspecified atom stereocenters. The van der Waals surface area contributed by atoms with Gasteiger partial charge in [-0.15, -0.1) is 11.8 Å². The molecule has 1 saturated carbocycles. The van der Waals surface area contributed by atoms with Crippen molar-refractivity contribution >= 4 is 23.6 Å². The predicted octanol–water partition coefficient (Wildman–Crippen LogP) is 3.33. The molecule has 136 valence electrons. The van der Waals surface area contributed by atoms with E-state index in [0.29, 0.717) is 0 Å². The van der Waals surface area contributed by atoms with Crippen molar-refractivity contribution in [2.24, 2.45) is 5.92 Å². The van der Waals surface area contributed by atoms with Crippen LogP contribution in [0.3, 0.4) is 0 Å². The number of nitrogens with zero attached hydrogens (tertiary/aromatic N) is 1. The second-order valence-electron chi connectivity index (χ2n) is 6.35. The summed E-state index contributed by atoms with van der Waals surface area (Å²) in [6, 6.07) is 11.4. The third-order valence-electron chi connectivity index (χ3n) is 4.67. The minimum atomic E-state index is -0.388. The van der Waals surface area contributed by atoms with Crippen LogP contribution in [0.4, 0.5) is 0 Å². The van der Waals surface area contributed by atoms with E-state index in [9.17, 15) is 9.59 Å². The lowest BCUT2D eigenvalue weighted by atomic mass is 10.0. The maximum absolute atomic E-state index is 12.7. The number of nitrogens with one attached hydrogen (secondary N) is 1. The van der Waals surface area contributed by atoms with Gasteiger partial charge in [-0.1, -0.05) is 18.2 Å². The minimum Gasteiger partial charge on any atom is -0.469 e. The smallest absolute Gasteiger partial charge is 0.307 e. The summed E-state index contributed by atoms with van der Waals surface area (Å²) in [6.45, 7) is 0. The van der Waals surface area contributed by atoms with Gasteiger partial charge in [0, 0.05) is 23.2 Å². The number of carbonyl (C=O) groups is 2. The van der Waals surface area contributed by atoms with Gasteiger partial charge >= 0.3 is 5.97 Å². The topological polar surface area (TPSA) is 68.3 Å². The first-order valence-corrected chi connectivity index (χ1v) is 9.76. The number of rotatable bonds is 7. The lowest BCUT2D eigenvalue weighted by Gasteiger charge is -2.18. The third kappa shape index (κ3) is 4.43. The quantitative estimate of drug-likeness (QED) is 0.598. The van der Waals surface area contributed by atoms with Gasteiger partial charge in [0.15, 0.2) is 0 Å². The van der Waals surface area contributed by atoms with Gasteiger partial charge < -0.3 is 10.1 Å². The summed E-state index contributed by atoms with van der Waals surface area (Å²) in [5.41, 5.74) is 1.99. The fraction of sp³-hybridized carbons (Fsp3) is 0.350. The average molecular weight is 370 g/mol. The molecule has 0 radical (unpaired) electrons. The summed E-state index contributed by atoms with van der Waals surface area (Å²) < 4.78 is 4.79. The molecule has 0 aliphatic heterocycles. The molecular formula is C20H22N2O3S. The summed E-state index contributed by atoms with van der Waals surface area (Å²) in [4.78, 5) is 29.7. The van der Waals surface area contributed by atoms with Crippen LogP contribution in [-0.2, 0) is 14.3 Å². The van der Waals surface area contributed by atoms with Crippen LogP contribution in [-0.4, -0.2) is 30.2 Å². The third-order valence-corrected chi connectivity index (χ3v) is 5.42. The van der Waals surface area contributed by atoms with E-state index in [-0.39, 0.29) is 36.2 Å². The number of ether oxygens (including phenoxy) is 1. The lowest BCUT2D eigenvalue weighted by Crippen LogP contribution is -2.32. The monoisotopic (exact) mass is 370 g/mol. The molecule has 6 heteroatoms. The van der Waals surface area contributed by atoms with Crippen molar-refractivity contribution in [2.75, 3.05) is 13.4 Å². The Morgan fingerprint density at radius 2 is 2.08 bits per heavy atom. The molecule has 2 aromatic rings. The Morgan fingerprint density at radius 1 is 1.31 bits per heavy atom. The molecule has 0 saturated heterocycles. The Bertz CT molecular complexity index is 764. The Balaban J connectivity index is 1.69. The molecule has 1 aromatic heterocycles. The van der Waals surface area contributed by atoms with Crippen LogP contribution in [0.25, 0.3) is 0 Å². The molecule has 1 amide bonds. The van der Waals surface area contributed by atoms with Crippen molar-refractivity contribution in [1.29, 1.82) is 0 Å². The first kappa shape index (κ1) is 18.5. The van der Waals surface area contributed by atoms with E-state index in [1.807, 2.05) is 48.9 Å². The highest BCUT2D eigenvalue weighted by Gasteiger charge is 2.44. The number of thioether (sulfide) groups is 1. The van der Waals surface area contributed by atoms with Gasteiger partial charge in [-0.2, -0.15) is 0 Å². The minimum absolute atomic E-state index is 0.0262. The molecule has 1 N–H and O–H groups in total. The van der Waals surface area contributed by atoms with Crippen LogP contribution in [0, 0.1) is 5.92 Å². The Morgan fingerprint density at radius 3 is 2.69 bits per heavy atom. The van der Waals surface area contributed by atoms with Gasteiger partial charge in [-0.3, -0.25) is 14.6 Å². The zero-order chi connectivity index (χ0) is 18.5. The number of esters is 1. The number of methoxy groups -OCH3 is 1. The molecule has 1 fully saturated rings. The highest BCUT2D eigenvalue weighted by molar-refractivity contribution is 7.98. The SMILES string of the molecule is COC(=O)CC(NC(=O)C1CC1c1cccnc1)c1ccc(SC)cc1. The van der Waals surface area contributed by atoms with E-state index in [4.69, 9.17) is 4.74 Å². The lowest BCUT2D eigenvalue weighted by molar-refractivity contribution is -0.141. The summed E-state index contributed by atoms with van der Waals surface area (Å²) >= 11 is 1.65.